The fourth-order valence-corrected chi connectivity index (χ4v) is 3.35. The molecule has 0 aliphatic heterocycles. The standard InChI is InChI=1S/C15H18BrN3/c16-13-5-2-4-12-11(13)7-8-18-15(12)19-9-10-3-1-6-14(10)17/h2,4-5,7-8,10,14H,1,3,6,9,17H2,(H,18,19). The largest absolute Gasteiger partial charge is 0.369 e. The van der Waals surface area contributed by atoms with Gasteiger partial charge in [-0.15, -0.1) is 0 Å². The molecule has 3 rings (SSSR count). The molecule has 0 bridgehead atoms. The summed E-state index contributed by atoms with van der Waals surface area (Å²) in [4.78, 5) is 4.46. The van der Waals surface area contributed by atoms with Gasteiger partial charge in [-0.2, -0.15) is 0 Å². The molecule has 1 fully saturated rings. The molecule has 1 aliphatic carbocycles. The first kappa shape index (κ1) is 12.9. The van der Waals surface area contributed by atoms with Gasteiger partial charge in [-0.1, -0.05) is 34.5 Å². The summed E-state index contributed by atoms with van der Waals surface area (Å²) in [6, 6.07) is 8.57. The van der Waals surface area contributed by atoms with Crippen molar-refractivity contribution in [3.63, 3.8) is 0 Å². The minimum atomic E-state index is 0.342. The van der Waals surface area contributed by atoms with Crippen molar-refractivity contribution in [2.75, 3.05) is 11.9 Å². The van der Waals surface area contributed by atoms with Gasteiger partial charge in [-0.25, -0.2) is 4.98 Å². The maximum atomic E-state index is 6.11. The van der Waals surface area contributed by atoms with E-state index in [1.54, 1.807) is 0 Å². The zero-order valence-electron chi connectivity index (χ0n) is 10.8. The molecule has 1 heterocycles. The van der Waals surface area contributed by atoms with E-state index in [4.69, 9.17) is 5.73 Å². The van der Waals surface area contributed by atoms with Crippen LogP contribution in [0.5, 0.6) is 0 Å². The topological polar surface area (TPSA) is 50.9 Å². The van der Waals surface area contributed by atoms with Gasteiger partial charge in [0.1, 0.15) is 5.82 Å². The Labute approximate surface area is 121 Å². The van der Waals surface area contributed by atoms with Crippen molar-refractivity contribution in [2.24, 2.45) is 11.7 Å². The maximum Gasteiger partial charge on any atom is 0.133 e. The van der Waals surface area contributed by atoms with Crippen molar-refractivity contribution >= 4 is 32.5 Å². The number of pyridine rings is 1. The summed E-state index contributed by atoms with van der Waals surface area (Å²) in [5, 5.41) is 5.82. The number of fused-ring (bicyclic) bond motifs is 1. The van der Waals surface area contributed by atoms with Crippen molar-refractivity contribution in [1.29, 1.82) is 0 Å². The number of halogens is 1. The van der Waals surface area contributed by atoms with Gasteiger partial charge in [0, 0.05) is 34.0 Å². The van der Waals surface area contributed by atoms with Gasteiger partial charge < -0.3 is 11.1 Å². The molecule has 0 radical (unpaired) electrons. The first-order chi connectivity index (χ1) is 9.25. The van der Waals surface area contributed by atoms with Gasteiger partial charge in [0.15, 0.2) is 0 Å². The zero-order chi connectivity index (χ0) is 13.2. The van der Waals surface area contributed by atoms with Crippen molar-refractivity contribution in [3.05, 3.63) is 34.9 Å². The molecular weight excluding hydrogens is 302 g/mol. The normalized spacial score (nSPS) is 22.8. The molecule has 2 aromatic rings. The first-order valence-electron chi connectivity index (χ1n) is 6.78. The Balaban J connectivity index is 1.83. The second-order valence-corrected chi connectivity index (χ2v) is 6.08. The Kier molecular flexibility index (Phi) is 3.71. The molecule has 19 heavy (non-hydrogen) atoms. The molecule has 0 amide bonds. The predicted molar refractivity (Wildman–Crippen MR) is 83.2 cm³/mol. The molecule has 0 spiro atoms. The van der Waals surface area contributed by atoms with E-state index in [1.165, 1.54) is 18.2 Å². The number of rotatable bonds is 3. The van der Waals surface area contributed by atoms with Gasteiger partial charge in [0.2, 0.25) is 0 Å². The fraction of sp³-hybridized carbons (Fsp3) is 0.400. The number of nitrogens with zero attached hydrogens (tertiary/aromatic N) is 1. The number of nitrogens with one attached hydrogen (secondary N) is 1. The fourth-order valence-electron chi connectivity index (χ4n) is 2.86. The maximum absolute atomic E-state index is 6.11. The number of aromatic nitrogens is 1. The molecule has 4 heteroatoms. The molecule has 1 aromatic heterocycles. The third-order valence-corrected chi connectivity index (χ3v) is 4.69. The van der Waals surface area contributed by atoms with Crippen LogP contribution in [0, 0.1) is 5.92 Å². The van der Waals surface area contributed by atoms with Crippen molar-refractivity contribution in [2.45, 2.75) is 25.3 Å². The third kappa shape index (κ3) is 2.60. The van der Waals surface area contributed by atoms with Gasteiger partial charge in [0.25, 0.3) is 0 Å². The summed E-state index contributed by atoms with van der Waals surface area (Å²) in [6.07, 6.45) is 5.48. The summed E-state index contributed by atoms with van der Waals surface area (Å²) in [5.41, 5.74) is 6.11. The number of hydrogen-bond donors (Lipinski definition) is 2. The highest BCUT2D eigenvalue weighted by Crippen LogP contribution is 2.29. The van der Waals surface area contributed by atoms with Gasteiger partial charge >= 0.3 is 0 Å². The highest BCUT2D eigenvalue weighted by Gasteiger charge is 2.23. The monoisotopic (exact) mass is 319 g/mol. The van der Waals surface area contributed by atoms with Crippen LogP contribution in [0.3, 0.4) is 0 Å². The summed E-state index contributed by atoms with van der Waals surface area (Å²) in [6.45, 7) is 0.916. The molecule has 3 nitrogen and oxygen atoms in total. The number of benzene rings is 1. The lowest BCUT2D eigenvalue weighted by Gasteiger charge is -2.17. The van der Waals surface area contributed by atoms with Crippen LogP contribution in [-0.4, -0.2) is 17.6 Å². The Morgan fingerprint density at radius 3 is 2.95 bits per heavy atom. The van der Waals surface area contributed by atoms with Crippen LogP contribution in [0.15, 0.2) is 34.9 Å². The number of hydrogen-bond acceptors (Lipinski definition) is 3. The van der Waals surface area contributed by atoms with Crippen LogP contribution in [0.2, 0.25) is 0 Å². The average molecular weight is 320 g/mol. The highest BCUT2D eigenvalue weighted by molar-refractivity contribution is 9.10. The van der Waals surface area contributed by atoms with E-state index in [-0.39, 0.29) is 0 Å². The minimum Gasteiger partial charge on any atom is -0.369 e. The molecule has 2 atom stereocenters. The lowest BCUT2D eigenvalue weighted by molar-refractivity contribution is 0.505. The van der Waals surface area contributed by atoms with E-state index in [0.29, 0.717) is 12.0 Å². The molecule has 0 saturated heterocycles. The summed E-state index contributed by atoms with van der Waals surface area (Å²) < 4.78 is 1.10. The molecular formula is C15H18BrN3. The summed E-state index contributed by atoms with van der Waals surface area (Å²) in [5.74, 6) is 1.53. The van der Waals surface area contributed by atoms with Crippen LogP contribution < -0.4 is 11.1 Å². The van der Waals surface area contributed by atoms with Crippen molar-refractivity contribution < 1.29 is 0 Å². The van der Waals surface area contributed by atoms with E-state index in [9.17, 15) is 0 Å². The Hall–Kier alpha value is -1.13. The lowest BCUT2D eigenvalue weighted by Crippen LogP contribution is -2.29. The highest BCUT2D eigenvalue weighted by atomic mass is 79.9. The molecule has 1 saturated carbocycles. The third-order valence-electron chi connectivity index (χ3n) is 4.00. The lowest BCUT2D eigenvalue weighted by atomic mass is 10.0. The van der Waals surface area contributed by atoms with Gasteiger partial charge in [0.05, 0.1) is 0 Å². The second kappa shape index (κ2) is 5.47. The Morgan fingerprint density at radius 2 is 2.16 bits per heavy atom. The smallest absolute Gasteiger partial charge is 0.133 e. The SMILES string of the molecule is NC1CCCC1CNc1nccc2c(Br)cccc12. The van der Waals surface area contributed by atoms with Crippen LogP contribution >= 0.6 is 15.9 Å². The first-order valence-corrected chi connectivity index (χ1v) is 7.57. The molecule has 1 aromatic carbocycles. The van der Waals surface area contributed by atoms with Crippen LogP contribution in [0.4, 0.5) is 5.82 Å². The van der Waals surface area contributed by atoms with E-state index in [2.05, 4.69) is 38.4 Å². The minimum absolute atomic E-state index is 0.342. The van der Waals surface area contributed by atoms with E-state index in [0.717, 1.165) is 28.6 Å². The zero-order valence-corrected chi connectivity index (χ0v) is 12.4. The molecule has 100 valence electrons. The summed E-state index contributed by atoms with van der Waals surface area (Å²) >= 11 is 3.58. The molecule has 3 N–H and O–H groups in total. The molecule has 1 aliphatic rings. The van der Waals surface area contributed by atoms with E-state index < -0.39 is 0 Å². The average Bonchev–Trinajstić information content (AvgIpc) is 2.82. The predicted octanol–water partition coefficient (Wildman–Crippen LogP) is 3.54. The Bertz CT molecular complexity index is 585. The van der Waals surface area contributed by atoms with Gasteiger partial charge in [-0.3, -0.25) is 0 Å². The van der Waals surface area contributed by atoms with Crippen LogP contribution in [0.25, 0.3) is 10.8 Å². The van der Waals surface area contributed by atoms with Crippen molar-refractivity contribution in [3.8, 4) is 0 Å². The number of anilines is 1. The second-order valence-electron chi connectivity index (χ2n) is 5.23. The number of nitrogens with two attached hydrogens (primary N) is 1. The van der Waals surface area contributed by atoms with Crippen LogP contribution in [-0.2, 0) is 0 Å². The van der Waals surface area contributed by atoms with Gasteiger partial charge in [-0.05, 0) is 30.9 Å². The quantitative estimate of drug-likeness (QED) is 0.909. The molecule has 2 unspecified atom stereocenters. The van der Waals surface area contributed by atoms with E-state index >= 15 is 0 Å². The summed E-state index contributed by atoms with van der Waals surface area (Å²) in [7, 11) is 0. The van der Waals surface area contributed by atoms with Crippen LogP contribution in [0.1, 0.15) is 19.3 Å². The van der Waals surface area contributed by atoms with Crippen molar-refractivity contribution in [1.82, 2.24) is 4.98 Å². The van der Waals surface area contributed by atoms with E-state index in [1.807, 2.05) is 18.3 Å². The Morgan fingerprint density at radius 1 is 1.26 bits per heavy atom.